The normalized spacial score (nSPS) is 13.8. The lowest BCUT2D eigenvalue weighted by Crippen LogP contribution is -2.24. The molecule has 1 unspecified atom stereocenters. The number of halogens is 3. The molecular weight excluding hydrogens is 247 g/mol. The number of rotatable bonds is 7. The summed E-state index contributed by atoms with van der Waals surface area (Å²) in [7, 11) is 1.83. The minimum Gasteiger partial charge on any atom is -0.372 e. The van der Waals surface area contributed by atoms with Gasteiger partial charge < -0.3 is 10.5 Å². The van der Waals surface area contributed by atoms with Gasteiger partial charge >= 0.3 is 6.18 Å². The van der Waals surface area contributed by atoms with Gasteiger partial charge in [0.2, 0.25) is 0 Å². The summed E-state index contributed by atoms with van der Waals surface area (Å²) >= 11 is 0. The van der Waals surface area contributed by atoms with Crippen LogP contribution in [0, 0.1) is 0 Å². The lowest BCUT2D eigenvalue weighted by Gasteiger charge is -2.12. The number of hydrogen-bond donors (Lipinski definition) is 1. The summed E-state index contributed by atoms with van der Waals surface area (Å²) in [5.74, 6) is 0. The summed E-state index contributed by atoms with van der Waals surface area (Å²) in [5, 5.41) is 4.02. The van der Waals surface area contributed by atoms with Crippen molar-refractivity contribution in [1.29, 1.82) is 0 Å². The highest BCUT2D eigenvalue weighted by Crippen LogP contribution is 2.14. The highest BCUT2D eigenvalue weighted by Gasteiger charge is 2.27. The zero-order valence-corrected chi connectivity index (χ0v) is 10.3. The fourth-order valence-electron chi connectivity index (χ4n) is 1.52. The number of hydrogen-bond acceptors (Lipinski definition) is 3. The van der Waals surface area contributed by atoms with Gasteiger partial charge in [-0.3, -0.25) is 4.68 Å². The van der Waals surface area contributed by atoms with Crippen molar-refractivity contribution in [2.45, 2.75) is 31.5 Å². The van der Waals surface area contributed by atoms with Crippen molar-refractivity contribution in [3.05, 3.63) is 18.0 Å². The Morgan fingerprint density at radius 2 is 2.17 bits per heavy atom. The molecule has 0 radical (unpaired) electrons. The minimum absolute atomic E-state index is 0.0354. The largest absolute Gasteiger partial charge is 0.411 e. The van der Waals surface area contributed by atoms with E-state index in [9.17, 15) is 13.2 Å². The second-order valence-corrected chi connectivity index (χ2v) is 4.28. The van der Waals surface area contributed by atoms with Crippen LogP contribution in [0.5, 0.6) is 0 Å². The molecule has 0 aliphatic rings. The second-order valence-electron chi connectivity index (χ2n) is 4.28. The number of alkyl halides is 3. The lowest BCUT2D eigenvalue weighted by atomic mass is 10.1. The zero-order valence-electron chi connectivity index (χ0n) is 10.3. The summed E-state index contributed by atoms with van der Waals surface area (Å²) in [4.78, 5) is 0. The number of aryl methyl sites for hydroxylation is 2. The van der Waals surface area contributed by atoms with Gasteiger partial charge in [0.15, 0.2) is 0 Å². The summed E-state index contributed by atoms with van der Waals surface area (Å²) in [6.07, 6.45) is 1.30. The Balaban J connectivity index is 2.09. The first-order chi connectivity index (χ1) is 8.37. The van der Waals surface area contributed by atoms with Gasteiger partial charge in [0, 0.05) is 25.9 Å². The molecule has 1 aromatic rings. The van der Waals surface area contributed by atoms with Crippen molar-refractivity contribution >= 4 is 0 Å². The van der Waals surface area contributed by atoms with Crippen LogP contribution in [0.3, 0.4) is 0 Å². The van der Waals surface area contributed by atoms with E-state index < -0.39 is 12.8 Å². The van der Waals surface area contributed by atoms with Crippen LogP contribution in [0.1, 0.15) is 18.4 Å². The van der Waals surface area contributed by atoms with E-state index in [-0.39, 0.29) is 12.6 Å². The quantitative estimate of drug-likeness (QED) is 0.763. The lowest BCUT2D eigenvalue weighted by molar-refractivity contribution is -0.174. The fraction of sp³-hybridized carbons (Fsp3) is 0.727. The van der Waals surface area contributed by atoms with Crippen LogP contribution in [0.2, 0.25) is 0 Å². The molecule has 0 saturated heterocycles. The van der Waals surface area contributed by atoms with Gasteiger partial charge in [-0.2, -0.15) is 18.3 Å². The standard InChI is InChI=1S/C11H18F3N3O/c1-17-7-9(6-16-17)2-3-10(15)4-5-18-8-11(12,13)14/h6-7,10H,2-5,8,15H2,1H3. The van der Waals surface area contributed by atoms with Gasteiger partial charge in [-0.15, -0.1) is 0 Å². The number of ether oxygens (including phenoxy) is 1. The average Bonchev–Trinajstić information content (AvgIpc) is 2.66. The third-order valence-electron chi connectivity index (χ3n) is 2.46. The molecule has 0 saturated carbocycles. The van der Waals surface area contributed by atoms with E-state index in [1.54, 1.807) is 10.9 Å². The molecule has 1 rings (SSSR count). The molecular formula is C11H18F3N3O. The molecule has 0 spiro atoms. The molecule has 0 aliphatic carbocycles. The van der Waals surface area contributed by atoms with Crippen molar-refractivity contribution in [1.82, 2.24) is 9.78 Å². The fourth-order valence-corrected chi connectivity index (χ4v) is 1.52. The Kier molecular flexibility index (Phi) is 5.61. The van der Waals surface area contributed by atoms with E-state index >= 15 is 0 Å². The second kappa shape index (κ2) is 6.75. The van der Waals surface area contributed by atoms with Crippen LogP contribution in [0.25, 0.3) is 0 Å². The summed E-state index contributed by atoms with van der Waals surface area (Å²) in [6, 6.07) is -0.154. The third kappa shape index (κ3) is 6.61. The summed E-state index contributed by atoms with van der Waals surface area (Å²) in [5.41, 5.74) is 6.86. The first-order valence-corrected chi connectivity index (χ1v) is 5.74. The molecule has 1 heterocycles. The molecule has 4 nitrogen and oxygen atoms in total. The van der Waals surface area contributed by atoms with E-state index in [0.717, 1.165) is 12.0 Å². The molecule has 0 bridgehead atoms. The Labute approximate surface area is 104 Å². The molecule has 0 fully saturated rings. The molecule has 2 N–H and O–H groups in total. The summed E-state index contributed by atoms with van der Waals surface area (Å²) < 4.78 is 41.6. The van der Waals surface area contributed by atoms with E-state index in [2.05, 4.69) is 9.84 Å². The van der Waals surface area contributed by atoms with Crippen LogP contribution in [0.4, 0.5) is 13.2 Å². The Morgan fingerprint density at radius 1 is 1.44 bits per heavy atom. The van der Waals surface area contributed by atoms with E-state index in [1.807, 2.05) is 13.2 Å². The van der Waals surface area contributed by atoms with E-state index in [4.69, 9.17) is 5.73 Å². The van der Waals surface area contributed by atoms with E-state index in [0.29, 0.717) is 12.8 Å². The van der Waals surface area contributed by atoms with Crippen molar-refractivity contribution in [2.24, 2.45) is 12.8 Å². The highest BCUT2D eigenvalue weighted by atomic mass is 19.4. The summed E-state index contributed by atoms with van der Waals surface area (Å²) in [6.45, 7) is -1.17. The Bertz CT molecular complexity index is 352. The van der Waals surface area contributed by atoms with Crippen LogP contribution in [0.15, 0.2) is 12.4 Å². The predicted molar refractivity (Wildman–Crippen MR) is 61.0 cm³/mol. The van der Waals surface area contributed by atoms with Gasteiger partial charge in [0.25, 0.3) is 0 Å². The zero-order chi connectivity index (χ0) is 13.6. The Morgan fingerprint density at radius 3 is 2.72 bits per heavy atom. The van der Waals surface area contributed by atoms with Gasteiger partial charge in [0.1, 0.15) is 6.61 Å². The van der Waals surface area contributed by atoms with Crippen LogP contribution in [-0.4, -0.2) is 35.2 Å². The molecule has 0 aromatic carbocycles. The number of nitrogens with zero attached hydrogens (tertiary/aromatic N) is 2. The van der Waals surface area contributed by atoms with Crippen molar-refractivity contribution in [3.63, 3.8) is 0 Å². The van der Waals surface area contributed by atoms with Crippen molar-refractivity contribution in [3.8, 4) is 0 Å². The monoisotopic (exact) mass is 265 g/mol. The van der Waals surface area contributed by atoms with Crippen LogP contribution < -0.4 is 5.73 Å². The molecule has 1 atom stereocenters. The first kappa shape index (κ1) is 15.0. The third-order valence-corrected chi connectivity index (χ3v) is 2.46. The van der Waals surface area contributed by atoms with Crippen molar-refractivity contribution in [2.75, 3.05) is 13.2 Å². The predicted octanol–water partition coefficient (Wildman–Crippen LogP) is 1.65. The average molecular weight is 265 g/mol. The molecule has 7 heteroatoms. The Hall–Kier alpha value is -1.08. The minimum atomic E-state index is -4.26. The van der Waals surface area contributed by atoms with Gasteiger partial charge in [0.05, 0.1) is 6.20 Å². The van der Waals surface area contributed by atoms with Crippen LogP contribution >= 0.6 is 0 Å². The molecule has 104 valence electrons. The van der Waals surface area contributed by atoms with Gasteiger partial charge in [-0.25, -0.2) is 0 Å². The smallest absolute Gasteiger partial charge is 0.372 e. The highest BCUT2D eigenvalue weighted by molar-refractivity contribution is 5.03. The maximum absolute atomic E-state index is 11.8. The van der Waals surface area contributed by atoms with Gasteiger partial charge in [-0.1, -0.05) is 0 Å². The maximum Gasteiger partial charge on any atom is 0.411 e. The molecule has 18 heavy (non-hydrogen) atoms. The van der Waals surface area contributed by atoms with Crippen LogP contribution in [-0.2, 0) is 18.2 Å². The topological polar surface area (TPSA) is 53.1 Å². The number of aromatic nitrogens is 2. The molecule has 1 aromatic heterocycles. The number of nitrogens with two attached hydrogens (primary N) is 1. The van der Waals surface area contributed by atoms with Gasteiger partial charge in [-0.05, 0) is 24.8 Å². The molecule has 0 amide bonds. The first-order valence-electron chi connectivity index (χ1n) is 5.74. The SMILES string of the molecule is Cn1cc(CCC(N)CCOCC(F)(F)F)cn1. The maximum atomic E-state index is 11.8. The van der Waals surface area contributed by atoms with E-state index in [1.165, 1.54) is 0 Å². The van der Waals surface area contributed by atoms with Crippen molar-refractivity contribution < 1.29 is 17.9 Å². The molecule has 0 aliphatic heterocycles.